The van der Waals surface area contributed by atoms with Crippen molar-refractivity contribution in [2.45, 2.75) is 90.9 Å². The van der Waals surface area contributed by atoms with Crippen LogP contribution in [0.3, 0.4) is 0 Å². The van der Waals surface area contributed by atoms with Crippen LogP contribution >= 0.6 is 0 Å². The monoisotopic (exact) mass is 548 g/mol. The van der Waals surface area contributed by atoms with Gasteiger partial charge in [-0.2, -0.15) is 0 Å². The molecular formula is C32H48N2O2Si2. The predicted octanol–water partition coefficient (Wildman–Crippen LogP) is 9.31. The standard InChI is InChI=1S/C32H48N2O2Si2/c1-31(2,3)37(7,8)35-21-19-33-17-15-27-23-25(11-13-29(27)33)26-12-14-30-28(24-26)16-18-34(30)20-22-36-38(9,10)32(4,5)6/h11-18,23-24H,19-22H2,1-10H3. The van der Waals surface area contributed by atoms with Crippen molar-refractivity contribution in [2.75, 3.05) is 13.2 Å². The minimum atomic E-state index is -1.72. The Bertz CT molecular complexity index is 1290. The topological polar surface area (TPSA) is 28.3 Å². The third-order valence-electron chi connectivity index (χ3n) is 9.08. The molecule has 0 spiro atoms. The summed E-state index contributed by atoms with van der Waals surface area (Å²) in [7, 11) is -3.45. The van der Waals surface area contributed by atoms with Crippen LogP contribution in [-0.2, 0) is 21.9 Å². The van der Waals surface area contributed by atoms with Gasteiger partial charge in [-0.15, -0.1) is 0 Å². The van der Waals surface area contributed by atoms with Gasteiger partial charge in [0.1, 0.15) is 0 Å². The van der Waals surface area contributed by atoms with Gasteiger partial charge in [-0.05, 0) is 83.8 Å². The number of nitrogens with zero attached hydrogens (tertiary/aromatic N) is 2. The molecule has 0 saturated carbocycles. The van der Waals surface area contributed by atoms with Gasteiger partial charge in [0.2, 0.25) is 0 Å². The maximum atomic E-state index is 6.42. The zero-order chi connectivity index (χ0) is 27.9. The van der Waals surface area contributed by atoms with E-state index in [0.717, 1.165) is 26.3 Å². The molecule has 0 saturated heterocycles. The van der Waals surface area contributed by atoms with Crippen LogP contribution in [0.4, 0.5) is 0 Å². The van der Waals surface area contributed by atoms with Crippen LogP contribution in [0.1, 0.15) is 41.5 Å². The Morgan fingerprint density at radius 3 is 1.29 bits per heavy atom. The maximum Gasteiger partial charge on any atom is 0.192 e. The number of hydrogen-bond acceptors (Lipinski definition) is 2. The zero-order valence-electron chi connectivity index (χ0n) is 25.3. The number of rotatable bonds is 9. The van der Waals surface area contributed by atoms with Crippen molar-refractivity contribution < 1.29 is 8.85 Å². The average molecular weight is 549 g/mol. The van der Waals surface area contributed by atoms with Crippen molar-refractivity contribution in [1.82, 2.24) is 9.13 Å². The molecule has 2 aromatic heterocycles. The maximum absolute atomic E-state index is 6.42. The largest absolute Gasteiger partial charge is 0.415 e. The highest BCUT2D eigenvalue weighted by atomic mass is 28.4. The minimum Gasteiger partial charge on any atom is -0.415 e. The van der Waals surface area contributed by atoms with Crippen molar-refractivity contribution >= 4 is 38.4 Å². The third-order valence-corrected chi connectivity index (χ3v) is 18.2. The second-order valence-electron chi connectivity index (χ2n) is 13.8. The van der Waals surface area contributed by atoms with Crippen molar-refractivity contribution in [3.05, 3.63) is 60.9 Å². The quantitative estimate of drug-likeness (QED) is 0.195. The van der Waals surface area contributed by atoms with Gasteiger partial charge in [-0.1, -0.05) is 53.7 Å². The van der Waals surface area contributed by atoms with Crippen LogP contribution in [0, 0.1) is 0 Å². The van der Waals surface area contributed by atoms with Crippen LogP contribution < -0.4 is 0 Å². The highest BCUT2D eigenvalue weighted by Gasteiger charge is 2.37. The Labute approximate surface area is 232 Å². The lowest BCUT2D eigenvalue weighted by Crippen LogP contribution is -2.41. The summed E-state index contributed by atoms with van der Waals surface area (Å²) in [5.41, 5.74) is 5.04. The molecule has 0 aliphatic rings. The molecule has 38 heavy (non-hydrogen) atoms. The van der Waals surface area contributed by atoms with E-state index >= 15 is 0 Å². The number of fused-ring (bicyclic) bond motifs is 2. The SMILES string of the molecule is CC(C)(C)[Si](C)(C)OCCn1ccc2cc(-c3ccc4c(ccn4CCO[Si](C)(C)C(C)(C)C)c3)ccc21. The van der Waals surface area contributed by atoms with E-state index in [-0.39, 0.29) is 10.1 Å². The highest BCUT2D eigenvalue weighted by molar-refractivity contribution is 6.74. The Kier molecular flexibility index (Phi) is 7.94. The number of hydrogen-bond donors (Lipinski definition) is 0. The Hall–Kier alpha value is -2.13. The van der Waals surface area contributed by atoms with Crippen LogP contribution in [0.25, 0.3) is 32.9 Å². The smallest absolute Gasteiger partial charge is 0.192 e. The molecule has 2 aromatic carbocycles. The predicted molar refractivity (Wildman–Crippen MR) is 169 cm³/mol. The molecule has 2 heterocycles. The molecule has 0 bridgehead atoms. The number of benzene rings is 2. The van der Waals surface area contributed by atoms with Gasteiger partial charge < -0.3 is 18.0 Å². The molecule has 0 aliphatic carbocycles. The summed E-state index contributed by atoms with van der Waals surface area (Å²) >= 11 is 0. The first-order chi connectivity index (χ1) is 17.6. The molecule has 0 amide bonds. The first-order valence-corrected chi connectivity index (χ1v) is 19.9. The van der Waals surface area contributed by atoms with E-state index < -0.39 is 16.6 Å². The van der Waals surface area contributed by atoms with E-state index in [0.29, 0.717) is 0 Å². The normalized spacial score (nSPS) is 13.6. The first-order valence-electron chi connectivity index (χ1n) is 14.1. The van der Waals surface area contributed by atoms with Gasteiger partial charge in [0.25, 0.3) is 0 Å². The summed E-state index contributed by atoms with van der Waals surface area (Å²) in [4.78, 5) is 0. The Balaban J connectivity index is 1.45. The lowest BCUT2D eigenvalue weighted by molar-refractivity contribution is 0.273. The molecule has 4 nitrogen and oxygen atoms in total. The summed E-state index contributed by atoms with van der Waals surface area (Å²) in [6, 6.07) is 18.1. The fourth-order valence-corrected chi connectivity index (χ4v) is 6.45. The van der Waals surface area contributed by atoms with Gasteiger partial charge in [0, 0.05) is 47.3 Å². The van der Waals surface area contributed by atoms with Crippen LogP contribution in [0.2, 0.25) is 36.3 Å². The fraction of sp³-hybridized carbons (Fsp3) is 0.500. The lowest BCUT2D eigenvalue weighted by atomic mass is 10.0. The van der Waals surface area contributed by atoms with Gasteiger partial charge in [-0.25, -0.2) is 0 Å². The minimum absolute atomic E-state index is 0.237. The van der Waals surface area contributed by atoms with E-state index in [9.17, 15) is 0 Å². The molecule has 0 fully saturated rings. The molecule has 0 aliphatic heterocycles. The summed E-state index contributed by atoms with van der Waals surface area (Å²) in [6.07, 6.45) is 4.39. The van der Waals surface area contributed by atoms with E-state index in [2.05, 4.69) is 138 Å². The van der Waals surface area contributed by atoms with E-state index in [1.54, 1.807) is 0 Å². The summed E-state index contributed by atoms with van der Waals surface area (Å²) in [5, 5.41) is 3.02. The van der Waals surface area contributed by atoms with Crippen molar-refractivity contribution in [3.8, 4) is 11.1 Å². The second kappa shape index (κ2) is 10.5. The molecule has 6 heteroatoms. The van der Waals surface area contributed by atoms with E-state index in [1.165, 1.54) is 32.9 Å². The molecule has 4 aromatic rings. The highest BCUT2D eigenvalue weighted by Crippen LogP contribution is 2.37. The van der Waals surface area contributed by atoms with Crippen molar-refractivity contribution in [1.29, 1.82) is 0 Å². The fourth-order valence-electron chi connectivity index (χ4n) is 4.38. The summed E-state index contributed by atoms with van der Waals surface area (Å²) in [6.45, 7) is 26.3. The Morgan fingerprint density at radius 1 is 0.579 bits per heavy atom. The number of aromatic nitrogens is 2. The van der Waals surface area contributed by atoms with Gasteiger partial charge >= 0.3 is 0 Å². The summed E-state index contributed by atoms with van der Waals surface area (Å²) in [5.74, 6) is 0. The van der Waals surface area contributed by atoms with E-state index in [1.807, 2.05) is 0 Å². The molecule has 206 valence electrons. The van der Waals surface area contributed by atoms with Crippen LogP contribution in [0.15, 0.2) is 60.9 Å². The molecule has 0 radical (unpaired) electrons. The van der Waals surface area contributed by atoms with Gasteiger partial charge in [0.05, 0.1) is 13.2 Å². The molecule has 0 unspecified atom stereocenters. The van der Waals surface area contributed by atoms with Crippen LogP contribution in [-0.4, -0.2) is 39.0 Å². The average Bonchev–Trinajstić information content (AvgIpc) is 3.40. The zero-order valence-corrected chi connectivity index (χ0v) is 27.3. The molecule has 0 atom stereocenters. The first kappa shape index (κ1) is 28.9. The third kappa shape index (κ3) is 6.04. The molecule has 4 rings (SSSR count). The summed E-state index contributed by atoms with van der Waals surface area (Å²) < 4.78 is 17.5. The second-order valence-corrected chi connectivity index (χ2v) is 23.4. The Morgan fingerprint density at radius 2 is 0.947 bits per heavy atom. The van der Waals surface area contributed by atoms with Crippen LogP contribution in [0.5, 0.6) is 0 Å². The van der Waals surface area contributed by atoms with Crippen molar-refractivity contribution in [2.24, 2.45) is 0 Å². The van der Waals surface area contributed by atoms with E-state index in [4.69, 9.17) is 8.85 Å². The molecule has 0 N–H and O–H groups in total. The van der Waals surface area contributed by atoms with Crippen molar-refractivity contribution in [3.63, 3.8) is 0 Å². The lowest BCUT2D eigenvalue weighted by Gasteiger charge is -2.36. The molecular weight excluding hydrogens is 501 g/mol. The van der Waals surface area contributed by atoms with Gasteiger partial charge in [0.15, 0.2) is 16.6 Å². The van der Waals surface area contributed by atoms with Gasteiger partial charge in [-0.3, -0.25) is 0 Å².